The van der Waals surface area contributed by atoms with Crippen LogP contribution in [0.15, 0.2) is 42.9 Å². The van der Waals surface area contributed by atoms with Crippen molar-refractivity contribution in [1.29, 1.82) is 0 Å². The number of carbonyl (C=O) groups excluding carboxylic acids is 1. The Morgan fingerprint density at radius 2 is 2.09 bits per heavy atom. The molecular formula is C18H22N4O. The minimum absolute atomic E-state index is 0.0200. The molecule has 5 nitrogen and oxygen atoms in total. The largest absolute Gasteiger partial charge is 0.352 e. The number of aromatic nitrogens is 2. The van der Waals surface area contributed by atoms with Gasteiger partial charge in [0.1, 0.15) is 0 Å². The quantitative estimate of drug-likeness (QED) is 0.921. The van der Waals surface area contributed by atoms with E-state index in [9.17, 15) is 4.79 Å². The van der Waals surface area contributed by atoms with Gasteiger partial charge in [-0.05, 0) is 48.7 Å². The van der Waals surface area contributed by atoms with E-state index in [1.54, 1.807) is 0 Å². The van der Waals surface area contributed by atoms with E-state index in [-0.39, 0.29) is 5.91 Å². The minimum Gasteiger partial charge on any atom is -0.352 e. The highest BCUT2D eigenvalue weighted by Gasteiger charge is 2.26. The second-order valence-electron chi connectivity index (χ2n) is 5.99. The van der Waals surface area contributed by atoms with Crippen molar-refractivity contribution in [2.45, 2.75) is 38.9 Å². The first kappa shape index (κ1) is 15.6. The van der Waals surface area contributed by atoms with Crippen LogP contribution in [0.1, 0.15) is 42.6 Å². The van der Waals surface area contributed by atoms with E-state index in [0.717, 1.165) is 30.8 Å². The molecule has 1 N–H and O–H groups in total. The van der Waals surface area contributed by atoms with E-state index in [1.165, 1.54) is 18.9 Å². The fourth-order valence-corrected chi connectivity index (χ4v) is 3.04. The molecule has 1 fully saturated rings. The Hall–Kier alpha value is -2.27. The predicted octanol–water partition coefficient (Wildman–Crippen LogP) is 2.45. The van der Waals surface area contributed by atoms with Crippen molar-refractivity contribution in [2.24, 2.45) is 0 Å². The van der Waals surface area contributed by atoms with Crippen LogP contribution in [0.25, 0.3) is 0 Å². The molecule has 5 heteroatoms. The Kier molecular flexibility index (Phi) is 4.98. The normalized spacial score (nSPS) is 18.0. The third-order valence-electron chi connectivity index (χ3n) is 4.23. The van der Waals surface area contributed by atoms with Crippen LogP contribution < -0.4 is 5.32 Å². The van der Waals surface area contributed by atoms with Gasteiger partial charge in [0.15, 0.2) is 0 Å². The Labute approximate surface area is 136 Å². The smallest absolute Gasteiger partial charge is 0.217 e. The second-order valence-corrected chi connectivity index (χ2v) is 5.99. The number of rotatable bonds is 5. The third kappa shape index (κ3) is 4.13. The number of hydrogen-bond donors (Lipinski definition) is 1. The van der Waals surface area contributed by atoms with E-state index in [4.69, 9.17) is 0 Å². The summed E-state index contributed by atoms with van der Waals surface area (Å²) >= 11 is 0. The van der Waals surface area contributed by atoms with Crippen molar-refractivity contribution in [3.05, 3.63) is 59.7 Å². The summed E-state index contributed by atoms with van der Waals surface area (Å²) in [5.41, 5.74) is 3.43. The van der Waals surface area contributed by atoms with Gasteiger partial charge in [0.25, 0.3) is 0 Å². The molecule has 0 aliphatic carbocycles. The fourth-order valence-electron chi connectivity index (χ4n) is 3.04. The van der Waals surface area contributed by atoms with Crippen LogP contribution in [0.3, 0.4) is 0 Å². The molecular weight excluding hydrogens is 288 g/mol. The minimum atomic E-state index is -0.0200. The molecule has 120 valence electrons. The summed E-state index contributed by atoms with van der Waals surface area (Å²) in [5, 5.41) is 2.80. The lowest BCUT2D eigenvalue weighted by molar-refractivity contribution is -0.119. The Bertz CT molecular complexity index is 642. The van der Waals surface area contributed by atoms with Crippen molar-refractivity contribution in [2.75, 3.05) is 6.54 Å². The average Bonchev–Trinajstić information content (AvgIpc) is 3.02. The number of nitrogens with one attached hydrogen (secondary N) is 1. The summed E-state index contributed by atoms with van der Waals surface area (Å²) in [6.45, 7) is 4.09. The standard InChI is InChI=1S/C18H22N4O/c1-14(23)20-11-16-4-5-17(21-12-16)18-3-2-10-22(18)13-15-6-8-19-9-7-15/h4-9,12,18H,2-3,10-11,13H2,1H3,(H,20,23). The highest BCUT2D eigenvalue weighted by Crippen LogP contribution is 2.31. The monoisotopic (exact) mass is 310 g/mol. The molecule has 0 radical (unpaired) electrons. The molecule has 0 bridgehead atoms. The van der Waals surface area contributed by atoms with Gasteiger partial charge in [-0.1, -0.05) is 6.07 Å². The number of carbonyl (C=O) groups is 1. The molecule has 1 atom stereocenters. The van der Waals surface area contributed by atoms with Gasteiger partial charge < -0.3 is 5.32 Å². The van der Waals surface area contributed by atoms with Crippen LogP contribution in [-0.2, 0) is 17.9 Å². The van der Waals surface area contributed by atoms with Gasteiger partial charge in [-0.15, -0.1) is 0 Å². The molecule has 2 aromatic heterocycles. The first-order chi connectivity index (χ1) is 11.2. The number of nitrogens with zero attached hydrogens (tertiary/aromatic N) is 3. The van der Waals surface area contributed by atoms with E-state index in [2.05, 4.69) is 44.5 Å². The molecule has 0 spiro atoms. The molecule has 3 rings (SSSR count). The zero-order valence-corrected chi connectivity index (χ0v) is 13.4. The number of hydrogen-bond acceptors (Lipinski definition) is 4. The molecule has 0 aromatic carbocycles. The van der Waals surface area contributed by atoms with Gasteiger partial charge in [0, 0.05) is 38.6 Å². The molecule has 1 aliphatic heterocycles. The van der Waals surface area contributed by atoms with E-state index in [0.29, 0.717) is 12.6 Å². The molecule has 2 aromatic rings. The van der Waals surface area contributed by atoms with Crippen molar-refractivity contribution >= 4 is 5.91 Å². The summed E-state index contributed by atoms with van der Waals surface area (Å²) < 4.78 is 0. The SMILES string of the molecule is CC(=O)NCc1ccc(C2CCCN2Cc2ccncc2)nc1. The van der Waals surface area contributed by atoms with Crippen LogP contribution >= 0.6 is 0 Å². The lowest BCUT2D eigenvalue weighted by Gasteiger charge is -2.24. The van der Waals surface area contributed by atoms with E-state index >= 15 is 0 Å². The van der Waals surface area contributed by atoms with Crippen LogP contribution in [0.5, 0.6) is 0 Å². The summed E-state index contributed by atoms with van der Waals surface area (Å²) in [5.74, 6) is -0.0200. The molecule has 1 aliphatic rings. The van der Waals surface area contributed by atoms with Crippen LogP contribution in [0.2, 0.25) is 0 Å². The average molecular weight is 310 g/mol. The lowest BCUT2D eigenvalue weighted by Crippen LogP contribution is -2.23. The molecule has 0 saturated carbocycles. The molecule has 23 heavy (non-hydrogen) atoms. The number of pyridine rings is 2. The van der Waals surface area contributed by atoms with Crippen LogP contribution in [0, 0.1) is 0 Å². The molecule has 1 unspecified atom stereocenters. The Morgan fingerprint density at radius 3 is 2.78 bits per heavy atom. The maximum atomic E-state index is 11.0. The third-order valence-corrected chi connectivity index (χ3v) is 4.23. The summed E-state index contributed by atoms with van der Waals surface area (Å²) in [6.07, 6.45) is 7.90. The van der Waals surface area contributed by atoms with Gasteiger partial charge in [0.2, 0.25) is 5.91 Å². The fraction of sp³-hybridized carbons (Fsp3) is 0.389. The van der Waals surface area contributed by atoms with Crippen molar-refractivity contribution in [3.8, 4) is 0 Å². The van der Waals surface area contributed by atoms with E-state index in [1.807, 2.05) is 18.6 Å². The Morgan fingerprint density at radius 1 is 1.26 bits per heavy atom. The first-order valence-corrected chi connectivity index (χ1v) is 8.04. The van der Waals surface area contributed by atoms with Crippen molar-refractivity contribution < 1.29 is 4.79 Å². The van der Waals surface area contributed by atoms with Gasteiger partial charge in [-0.25, -0.2) is 0 Å². The summed E-state index contributed by atoms with van der Waals surface area (Å²) in [7, 11) is 0. The lowest BCUT2D eigenvalue weighted by atomic mass is 10.1. The Balaban J connectivity index is 1.66. The van der Waals surface area contributed by atoms with Crippen LogP contribution in [-0.4, -0.2) is 27.3 Å². The second kappa shape index (κ2) is 7.33. The summed E-state index contributed by atoms with van der Waals surface area (Å²) in [6, 6.07) is 8.66. The predicted molar refractivity (Wildman–Crippen MR) is 88.4 cm³/mol. The highest BCUT2D eigenvalue weighted by atomic mass is 16.1. The molecule has 3 heterocycles. The topological polar surface area (TPSA) is 58.1 Å². The highest BCUT2D eigenvalue weighted by molar-refractivity contribution is 5.72. The zero-order valence-electron chi connectivity index (χ0n) is 13.4. The van der Waals surface area contributed by atoms with Gasteiger partial charge in [-0.2, -0.15) is 0 Å². The van der Waals surface area contributed by atoms with E-state index < -0.39 is 0 Å². The van der Waals surface area contributed by atoms with Crippen molar-refractivity contribution in [1.82, 2.24) is 20.2 Å². The summed E-state index contributed by atoms with van der Waals surface area (Å²) in [4.78, 5) is 22.1. The zero-order chi connectivity index (χ0) is 16.1. The van der Waals surface area contributed by atoms with Crippen molar-refractivity contribution in [3.63, 3.8) is 0 Å². The number of likely N-dealkylation sites (tertiary alicyclic amines) is 1. The van der Waals surface area contributed by atoms with Gasteiger partial charge >= 0.3 is 0 Å². The van der Waals surface area contributed by atoms with Gasteiger partial charge in [-0.3, -0.25) is 19.7 Å². The maximum Gasteiger partial charge on any atom is 0.217 e. The molecule has 1 amide bonds. The first-order valence-electron chi connectivity index (χ1n) is 8.04. The maximum absolute atomic E-state index is 11.0. The van der Waals surface area contributed by atoms with Gasteiger partial charge in [0.05, 0.1) is 11.7 Å². The molecule has 1 saturated heterocycles. The van der Waals surface area contributed by atoms with Crippen LogP contribution in [0.4, 0.5) is 0 Å². The number of amides is 1.